The van der Waals surface area contributed by atoms with Crippen LogP contribution < -0.4 is 16.6 Å². The SMILES string of the molecule is Cc1cnc2c(Cl)cc(N)cc2c1NCC(C)(C)C.Cn1ccc2c(C(O)c3cn(C45CC(C4)C5)nn3)cccc2c1=O. The zero-order valence-corrected chi connectivity index (χ0v) is 26.0. The molecule has 0 aliphatic heterocycles. The number of hydrogen-bond acceptors (Lipinski definition) is 7. The van der Waals surface area contributed by atoms with Crippen molar-refractivity contribution in [3.8, 4) is 0 Å². The molecule has 0 saturated heterocycles. The van der Waals surface area contributed by atoms with Crippen LogP contribution in [0.4, 0.5) is 11.4 Å². The van der Waals surface area contributed by atoms with E-state index in [-0.39, 0.29) is 16.5 Å². The number of aliphatic hydroxyl groups is 1. The molecule has 4 N–H and O–H groups in total. The van der Waals surface area contributed by atoms with Crippen molar-refractivity contribution in [3.05, 3.63) is 87.2 Å². The van der Waals surface area contributed by atoms with Crippen molar-refractivity contribution in [1.82, 2.24) is 24.5 Å². The molecule has 2 bridgehead atoms. The van der Waals surface area contributed by atoms with Gasteiger partial charge in [0.1, 0.15) is 11.8 Å². The van der Waals surface area contributed by atoms with Crippen LogP contribution in [0.25, 0.3) is 21.7 Å². The molecule has 0 radical (unpaired) electrons. The molecule has 43 heavy (non-hydrogen) atoms. The molecule has 0 spiro atoms. The first-order valence-electron chi connectivity index (χ1n) is 14.6. The molecule has 3 aliphatic carbocycles. The van der Waals surface area contributed by atoms with Gasteiger partial charge in [0.15, 0.2) is 0 Å². The molecule has 3 aromatic heterocycles. The molecule has 3 aliphatic rings. The van der Waals surface area contributed by atoms with Gasteiger partial charge in [0, 0.05) is 48.1 Å². The van der Waals surface area contributed by atoms with Crippen molar-refractivity contribution >= 4 is 44.7 Å². The largest absolute Gasteiger partial charge is 0.399 e. The zero-order valence-electron chi connectivity index (χ0n) is 25.2. The van der Waals surface area contributed by atoms with Gasteiger partial charge >= 0.3 is 0 Å². The molecule has 1 unspecified atom stereocenters. The molecule has 3 saturated carbocycles. The number of anilines is 2. The number of nitrogen functional groups attached to an aromatic ring is 1. The Hall–Kier alpha value is -3.95. The van der Waals surface area contributed by atoms with E-state index >= 15 is 0 Å². The van der Waals surface area contributed by atoms with Crippen LogP contribution in [0.3, 0.4) is 0 Å². The predicted octanol–water partition coefficient (Wildman–Crippen LogP) is 5.96. The van der Waals surface area contributed by atoms with Crippen molar-refractivity contribution < 1.29 is 5.11 Å². The number of rotatable bonds is 5. The third-order valence-electron chi connectivity index (χ3n) is 8.67. The number of hydrogen-bond donors (Lipinski definition) is 3. The zero-order chi connectivity index (χ0) is 30.7. The van der Waals surface area contributed by atoms with Crippen LogP contribution >= 0.6 is 11.6 Å². The van der Waals surface area contributed by atoms with E-state index in [1.54, 1.807) is 31.4 Å². The van der Waals surface area contributed by atoms with Gasteiger partial charge in [-0.15, -0.1) is 5.10 Å². The second-order valence-electron chi connectivity index (χ2n) is 13.4. The van der Waals surface area contributed by atoms with Crippen molar-refractivity contribution in [2.45, 2.75) is 58.6 Å². The number of pyridine rings is 2. The molecule has 10 heteroatoms. The number of aryl methyl sites for hydroxylation is 2. The molecular formula is C33H38ClN7O2. The fourth-order valence-corrected chi connectivity index (χ4v) is 6.39. The second kappa shape index (κ2) is 10.6. The predicted molar refractivity (Wildman–Crippen MR) is 172 cm³/mol. The van der Waals surface area contributed by atoms with Crippen LogP contribution in [0.2, 0.25) is 5.02 Å². The number of aromatic nitrogens is 5. The number of benzene rings is 2. The Balaban J connectivity index is 0.000000158. The minimum atomic E-state index is -0.887. The molecule has 2 aromatic carbocycles. The fourth-order valence-electron chi connectivity index (χ4n) is 6.11. The van der Waals surface area contributed by atoms with Crippen LogP contribution in [0.1, 0.15) is 63.0 Å². The summed E-state index contributed by atoms with van der Waals surface area (Å²) in [7, 11) is 1.72. The Kier molecular flexibility index (Phi) is 7.21. The Labute approximate surface area is 255 Å². The first kappa shape index (κ1) is 29.1. The van der Waals surface area contributed by atoms with E-state index in [0.717, 1.165) is 40.0 Å². The molecule has 8 rings (SSSR count). The Bertz CT molecular complexity index is 1890. The summed E-state index contributed by atoms with van der Waals surface area (Å²) in [6.07, 6.45) is 8.07. The van der Waals surface area contributed by atoms with Gasteiger partial charge in [-0.3, -0.25) is 9.78 Å². The van der Waals surface area contributed by atoms with Crippen molar-refractivity contribution in [3.63, 3.8) is 0 Å². The summed E-state index contributed by atoms with van der Waals surface area (Å²) < 4.78 is 3.47. The summed E-state index contributed by atoms with van der Waals surface area (Å²) in [6, 6.07) is 10.9. The van der Waals surface area contributed by atoms with Crippen molar-refractivity contribution in [2.75, 3.05) is 17.6 Å². The van der Waals surface area contributed by atoms with Crippen molar-refractivity contribution in [2.24, 2.45) is 18.4 Å². The van der Waals surface area contributed by atoms with Gasteiger partial charge in [-0.05, 0) is 78.3 Å². The summed E-state index contributed by atoms with van der Waals surface area (Å²) >= 11 is 6.21. The first-order valence-corrected chi connectivity index (χ1v) is 15.0. The van der Waals surface area contributed by atoms with Gasteiger partial charge in [-0.1, -0.05) is 49.7 Å². The molecule has 9 nitrogen and oxygen atoms in total. The summed E-state index contributed by atoms with van der Waals surface area (Å²) in [6.45, 7) is 9.49. The Morgan fingerprint density at radius 3 is 2.58 bits per heavy atom. The van der Waals surface area contributed by atoms with Crippen LogP contribution in [-0.4, -0.2) is 36.2 Å². The number of aliphatic hydroxyl groups excluding tert-OH is 1. The molecule has 1 atom stereocenters. The maximum Gasteiger partial charge on any atom is 0.258 e. The number of nitrogens with zero attached hydrogens (tertiary/aromatic N) is 5. The number of halogens is 1. The van der Waals surface area contributed by atoms with Crippen LogP contribution in [0, 0.1) is 18.3 Å². The van der Waals surface area contributed by atoms with Gasteiger partial charge in [0.05, 0.1) is 22.3 Å². The van der Waals surface area contributed by atoms with E-state index in [4.69, 9.17) is 17.3 Å². The van der Waals surface area contributed by atoms with E-state index in [0.29, 0.717) is 27.4 Å². The van der Waals surface area contributed by atoms with Crippen LogP contribution in [0.15, 0.2) is 59.8 Å². The first-order chi connectivity index (χ1) is 20.3. The van der Waals surface area contributed by atoms with Gasteiger partial charge in [-0.25, -0.2) is 4.68 Å². The summed E-state index contributed by atoms with van der Waals surface area (Å²) in [4.78, 5) is 16.7. The Morgan fingerprint density at radius 1 is 1.16 bits per heavy atom. The monoisotopic (exact) mass is 599 g/mol. The lowest BCUT2D eigenvalue weighted by atomic mass is 9.50. The van der Waals surface area contributed by atoms with E-state index in [1.807, 2.05) is 42.2 Å². The average Bonchev–Trinajstić information content (AvgIpc) is 3.37. The maximum atomic E-state index is 12.3. The number of nitrogens with one attached hydrogen (secondary N) is 1. The van der Waals surface area contributed by atoms with Gasteiger partial charge < -0.3 is 20.7 Å². The lowest BCUT2D eigenvalue weighted by Crippen LogP contribution is -2.59. The van der Waals surface area contributed by atoms with Crippen LogP contribution in [0.5, 0.6) is 0 Å². The van der Waals surface area contributed by atoms with Crippen LogP contribution in [-0.2, 0) is 12.6 Å². The lowest BCUT2D eigenvalue weighted by molar-refractivity contribution is -0.0989. The highest BCUT2D eigenvalue weighted by atomic mass is 35.5. The average molecular weight is 600 g/mol. The molecule has 3 fully saturated rings. The summed E-state index contributed by atoms with van der Waals surface area (Å²) in [5.41, 5.74) is 11.0. The third-order valence-corrected chi connectivity index (χ3v) is 8.95. The second-order valence-corrected chi connectivity index (χ2v) is 13.8. The van der Waals surface area contributed by atoms with Crippen molar-refractivity contribution in [1.29, 1.82) is 0 Å². The lowest BCUT2D eigenvalue weighted by Gasteiger charge is -2.61. The highest BCUT2D eigenvalue weighted by Crippen LogP contribution is 2.62. The molecule has 3 heterocycles. The van der Waals surface area contributed by atoms with Gasteiger partial charge in [0.25, 0.3) is 5.56 Å². The molecule has 0 amide bonds. The number of nitrogens with two attached hydrogens (primary N) is 1. The smallest absolute Gasteiger partial charge is 0.258 e. The van der Waals surface area contributed by atoms with E-state index < -0.39 is 6.10 Å². The topological polar surface area (TPSA) is 124 Å². The normalized spacial score (nSPS) is 19.7. The fraction of sp³-hybridized carbons (Fsp3) is 0.394. The summed E-state index contributed by atoms with van der Waals surface area (Å²) in [5.74, 6) is 0.858. The minimum absolute atomic E-state index is 0.0703. The van der Waals surface area contributed by atoms with E-state index in [9.17, 15) is 9.90 Å². The minimum Gasteiger partial charge on any atom is -0.399 e. The van der Waals surface area contributed by atoms with E-state index in [2.05, 4.69) is 41.4 Å². The standard InChI is InChI=1S/C18H18N4O2.C15H20ClN3/c1-21-6-5-12-13(3-2-4-14(12)17(21)24)16(23)15-10-22(20-19-15)18-7-11(8-18)9-18;1-9-7-18-14-11(5-10(17)6-12(14)16)13(9)19-8-15(2,3)4/h2-6,10-11,16,23H,7-9H2,1H3;5-7H,8,17H2,1-4H3,(H,18,19). The highest BCUT2D eigenvalue weighted by molar-refractivity contribution is 6.35. The molecule has 5 aromatic rings. The highest BCUT2D eigenvalue weighted by Gasteiger charge is 2.58. The molecular weight excluding hydrogens is 562 g/mol. The van der Waals surface area contributed by atoms with Gasteiger partial charge in [-0.2, -0.15) is 0 Å². The summed E-state index contributed by atoms with van der Waals surface area (Å²) in [5, 5.41) is 25.7. The maximum absolute atomic E-state index is 12.3. The Morgan fingerprint density at radius 2 is 1.91 bits per heavy atom. The third kappa shape index (κ3) is 5.36. The quantitative estimate of drug-likeness (QED) is 0.213. The number of fused-ring (bicyclic) bond motifs is 2. The molecule has 224 valence electrons. The van der Waals surface area contributed by atoms with E-state index in [1.165, 1.54) is 23.8 Å². The van der Waals surface area contributed by atoms with Gasteiger partial charge in [0.2, 0.25) is 0 Å².